The van der Waals surface area contributed by atoms with Gasteiger partial charge in [0.1, 0.15) is 5.82 Å². The van der Waals surface area contributed by atoms with Crippen LogP contribution in [0.1, 0.15) is 16.3 Å². The third-order valence-electron chi connectivity index (χ3n) is 2.73. The van der Waals surface area contributed by atoms with E-state index in [-0.39, 0.29) is 12.5 Å². The number of carboxylic acid groups (broad SMARTS) is 1. The first-order chi connectivity index (χ1) is 9.13. The highest BCUT2D eigenvalue weighted by molar-refractivity contribution is 5.86. The van der Waals surface area contributed by atoms with E-state index in [1.807, 2.05) is 0 Å². The average Bonchev–Trinajstić information content (AvgIpc) is 2.85. The fourth-order valence-corrected chi connectivity index (χ4v) is 1.88. The molecule has 1 aliphatic heterocycles. The lowest BCUT2D eigenvalue weighted by Crippen LogP contribution is -2.04. The number of aromatic carboxylic acids is 1. The first-order valence-electron chi connectivity index (χ1n) is 5.62. The van der Waals surface area contributed by atoms with Gasteiger partial charge in [0.15, 0.2) is 17.2 Å². The van der Waals surface area contributed by atoms with E-state index in [1.54, 1.807) is 25.1 Å². The molecule has 0 saturated carbocycles. The van der Waals surface area contributed by atoms with Crippen molar-refractivity contribution in [3.05, 3.63) is 35.8 Å². The van der Waals surface area contributed by atoms with Gasteiger partial charge in [-0.1, -0.05) is 0 Å². The number of hydrogen-bond acceptors (Lipinski definition) is 5. The molecule has 0 aliphatic carbocycles. The van der Waals surface area contributed by atoms with Gasteiger partial charge in [0.05, 0.1) is 5.69 Å². The van der Waals surface area contributed by atoms with E-state index in [0.717, 1.165) is 5.56 Å². The van der Waals surface area contributed by atoms with Crippen LogP contribution in [0, 0.1) is 6.92 Å². The minimum absolute atomic E-state index is 0.0276. The minimum atomic E-state index is -1.08. The molecule has 0 spiro atoms. The standard InChI is InChI=1S/C13H10N2O4/c1-7-14-9(5-10(15-7)13(16)17)8-2-3-11-12(4-8)19-6-18-11/h2-5H,6H2,1H3,(H,16,17). The molecule has 6 heteroatoms. The highest BCUT2D eigenvalue weighted by atomic mass is 16.7. The summed E-state index contributed by atoms with van der Waals surface area (Å²) in [4.78, 5) is 19.1. The maximum atomic E-state index is 11.0. The number of aromatic nitrogens is 2. The van der Waals surface area contributed by atoms with Crippen molar-refractivity contribution in [2.45, 2.75) is 6.92 Å². The Labute approximate surface area is 108 Å². The number of nitrogens with zero attached hydrogens (tertiary/aromatic N) is 2. The summed E-state index contributed by atoms with van der Waals surface area (Å²) < 4.78 is 10.5. The third kappa shape index (κ3) is 2.08. The molecule has 0 unspecified atom stereocenters. The van der Waals surface area contributed by atoms with Crippen LogP contribution in [0.3, 0.4) is 0 Å². The maximum absolute atomic E-state index is 11.0. The van der Waals surface area contributed by atoms with Crippen molar-refractivity contribution in [2.75, 3.05) is 6.79 Å². The normalized spacial score (nSPS) is 12.5. The number of carboxylic acids is 1. The lowest BCUT2D eigenvalue weighted by atomic mass is 10.1. The average molecular weight is 258 g/mol. The van der Waals surface area contributed by atoms with E-state index >= 15 is 0 Å². The fourth-order valence-electron chi connectivity index (χ4n) is 1.88. The van der Waals surface area contributed by atoms with E-state index in [0.29, 0.717) is 23.0 Å². The summed E-state index contributed by atoms with van der Waals surface area (Å²) in [5.74, 6) is 0.638. The molecule has 2 heterocycles. The summed E-state index contributed by atoms with van der Waals surface area (Å²) in [6.45, 7) is 1.85. The third-order valence-corrected chi connectivity index (χ3v) is 2.73. The highest BCUT2D eigenvalue weighted by Crippen LogP contribution is 2.35. The van der Waals surface area contributed by atoms with E-state index in [9.17, 15) is 4.79 Å². The number of aryl methyl sites for hydroxylation is 1. The van der Waals surface area contributed by atoms with Crippen LogP contribution in [0.2, 0.25) is 0 Å². The second kappa shape index (κ2) is 4.24. The van der Waals surface area contributed by atoms with Crippen LogP contribution >= 0.6 is 0 Å². The van der Waals surface area contributed by atoms with Crippen LogP contribution in [0.15, 0.2) is 24.3 Å². The number of hydrogen-bond donors (Lipinski definition) is 1. The van der Waals surface area contributed by atoms with Gasteiger partial charge in [0, 0.05) is 5.56 Å². The van der Waals surface area contributed by atoms with Crippen LogP contribution in [0.25, 0.3) is 11.3 Å². The summed E-state index contributed by atoms with van der Waals surface area (Å²) >= 11 is 0. The Kier molecular flexibility index (Phi) is 2.56. The van der Waals surface area contributed by atoms with Crippen molar-refractivity contribution in [1.82, 2.24) is 9.97 Å². The number of carbonyl (C=O) groups is 1. The molecule has 2 aromatic rings. The van der Waals surface area contributed by atoms with Crippen molar-refractivity contribution in [3.8, 4) is 22.8 Å². The molecule has 1 aromatic heterocycles. The van der Waals surface area contributed by atoms with Crippen LogP contribution in [0.4, 0.5) is 0 Å². The largest absolute Gasteiger partial charge is 0.477 e. The van der Waals surface area contributed by atoms with Gasteiger partial charge in [0.25, 0.3) is 0 Å². The van der Waals surface area contributed by atoms with E-state index < -0.39 is 5.97 Å². The second-order valence-electron chi connectivity index (χ2n) is 4.06. The predicted molar refractivity (Wildman–Crippen MR) is 65.3 cm³/mol. The van der Waals surface area contributed by atoms with E-state index in [2.05, 4.69) is 9.97 Å². The fraction of sp³-hybridized carbons (Fsp3) is 0.154. The number of benzene rings is 1. The molecule has 0 fully saturated rings. The van der Waals surface area contributed by atoms with Crippen molar-refractivity contribution in [3.63, 3.8) is 0 Å². The van der Waals surface area contributed by atoms with E-state index in [4.69, 9.17) is 14.6 Å². The number of fused-ring (bicyclic) bond motifs is 1. The zero-order chi connectivity index (χ0) is 13.4. The zero-order valence-electron chi connectivity index (χ0n) is 10.1. The Morgan fingerprint density at radius 3 is 2.79 bits per heavy atom. The van der Waals surface area contributed by atoms with Gasteiger partial charge >= 0.3 is 5.97 Å². The first-order valence-corrected chi connectivity index (χ1v) is 5.62. The van der Waals surface area contributed by atoms with Crippen molar-refractivity contribution in [2.24, 2.45) is 0 Å². The van der Waals surface area contributed by atoms with Crippen LogP contribution in [-0.2, 0) is 0 Å². The predicted octanol–water partition coefficient (Wildman–Crippen LogP) is 1.88. The van der Waals surface area contributed by atoms with Crippen molar-refractivity contribution >= 4 is 5.97 Å². The Hall–Kier alpha value is -2.63. The smallest absolute Gasteiger partial charge is 0.354 e. The molecule has 0 atom stereocenters. The van der Waals surface area contributed by atoms with Gasteiger partial charge in [-0.05, 0) is 31.2 Å². The summed E-state index contributed by atoms with van der Waals surface area (Å²) in [5.41, 5.74) is 1.28. The zero-order valence-corrected chi connectivity index (χ0v) is 10.1. The minimum Gasteiger partial charge on any atom is -0.477 e. The van der Waals surface area contributed by atoms with Crippen molar-refractivity contribution in [1.29, 1.82) is 0 Å². The Morgan fingerprint density at radius 2 is 2.00 bits per heavy atom. The summed E-state index contributed by atoms with van der Waals surface area (Å²) in [7, 11) is 0. The molecular weight excluding hydrogens is 248 g/mol. The van der Waals surface area contributed by atoms with Gasteiger partial charge in [-0.2, -0.15) is 0 Å². The van der Waals surface area contributed by atoms with Gasteiger partial charge < -0.3 is 14.6 Å². The summed E-state index contributed by atoms with van der Waals surface area (Å²) in [6.07, 6.45) is 0. The monoisotopic (exact) mass is 258 g/mol. The molecule has 0 radical (unpaired) electrons. The molecule has 6 nitrogen and oxygen atoms in total. The molecule has 3 rings (SSSR count). The van der Waals surface area contributed by atoms with E-state index in [1.165, 1.54) is 6.07 Å². The summed E-state index contributed by atoms with van der Waals surface area (Å²) in [5, 5.41) is 9.00. The molecular formula is C13H10N2O4. The Balaban J connectivity index is 2.09. The van der Waals surface area contributed by atoms with Crippen LogP contribution in [-0.4, -0.2) is 27.8 Å². The molecule has 0 saturated heterocycles. The van der Waals surface area contributed by atoms with Gasteiger partial charge in [-0.25, -0.2) is 14.8 Å². The second-order valence-corrected chi connectivity index (χ2v) is 4.06. The van der Waals surface area contributed by atoms with Crippen LogP contribution < -0.4 is 9.47 Å². The molecule has 96 valence electrons. The lowest BCUT2D eigenvalue weighted by molar-refractivity contribution is 0.0690. The Morgan fingerprint density at radius 1 is 1.21 bits per heavy atom. The van der Waals surface area contributed by atoms with Crippen LogP contribution in [0.5, 0.6) is 11.5 Å². The Bertz CT molecular complexity index is 670. The molecule has 19 heavy (non-hydrogen) atoms. The number of rotatable bonds is 2. The lowest BCUT2D eigenvalue weighted by Gasteiger charge is -2.05. The molecule has 0 amide bonds. The first kappa shape index (κ1) is 11.5. The number of ether oxygens (including phenoxy) is 2. The highest BCUT2D eigenvalue weighted by Gasteiger charge is 2.16. The van der Waals surface area contributed by atoms with Gasteiger partial charge in [-0.3, -0.25) is 0 Å². The topological polar surface area (TPSA) is 81.5 Å². The van der Waals surface area contributed by atoms with Gasteiger partial charge in [-0.15, -0.1) is 0 Å². The molecule has 1 N–H and O–H groups in total. The molecule has 0 bridgehead atoms. The summed E-state index contributed by atoms with van der Waals surface area (Å²) in [6, 6.07) is 6.79. The maximum Gasteiger partial charge on any atom is 0.354 e. The SMILES string of the molecule is Cc1nc(C(=O)O)cc(-c2ccc3c(c2)OCO3)n1. The molecule has 1 aromatic carbocycles. The van der Waals surface area contributed by atoms with Crippen molar-refractivity contribution < 1.29 is 19.4 Å². The van der Waals surface area contributed by atoms with Gasteiger partial charge in [0.2, 0.25) is 6.79 Å². The quantitative estimate of drug-likeness (QED) is 0.885. The molecule has 1 aliphatic rings.